The summed E-state index contributed by atoms with van der Waals surface area (Å²) >= 11 is 0. The minimum atomic E-state index is 0.414. The van der Waals surface area contributed by atoms with Gasteiger partial charge in [0.2, 0.25) is 0 Å². The number of hydrogen-bond donors (Lipinski definition) is 1. The molecule has 0 amide bonds. The van der Waals surface area contributed by atoms with Gasteiger partial charge in [0.1, 0.15) is 5.75 Å². The first kappa shape index (κ1) is 14.9. The predicted molar refractivity (Wildman–Crippen MR) is 87.0 cm³/mol. The number of methoxy groups -OCH3 is 1. The fraction of sp³-hybridized carbons (Fsp3) is 0.667. The Morgan fingerprint density at radius 1 is 1.19 bits per heavy atom. The fourth-order valence-electron chi connectivity index (χ4n) is 3.98. The van der Waals surface area contributed by atoms with Crippen LogP contribution in [0.3, 0.4) is 0 Å². The van der Waals surface area contributed by atoms with E-state index in [0.717, 1.165) is 25.3 Å². The molecule has 1 spiro atoms. The predicted octanol–water partition coefficient (Wildman–Crippen LogP) is 2.85. The number of para-hydroxylation sites is 1. The standard InChI is InChI=1S/C18H28N2O/c1-21-17-8-4-3-7-16(17)9-13-20-14-12-19-18(15-20)10-5-2-6-11-18/h3-4,7-8,19H,2,5-6,9-15H2,1H3. The van der Waals surface area contributed by atoms with Crippen LogP contribution in [0.15, 0.2) is 24.3 Å². The zero-order chi connectivity index (χ0) is 14.5. The zero-order valence-corrected chi connectivity index (χ0v) is 13.2. The molecule has 1 N–H and O–H groups in total. The summed E-state index contributed by atoms with van der Waals surface area (Å²) in [5.41, 5.74) is 1.74. The van der Waals surface area contributed by atoms with Crippen molar-refractivity contribution in [2.75, 3.05) is 33.3 Å². The van der Waals surface area contributed by atoms with Gasteiger partial charge in [-0.25, -0.2) is 0 Å². The number of piperazine rings is 1. The van der Waals surface area contributed by atoms with Crippen LogP contribution in [0, 0.1) is 0 Å². The molecule has 3 heteroatoms. The van der Waals surface area contributed by atoms with Crippen molar-refractivity contribution in [1.82, 2.24) is 10.2 Å². The molecule has 1 aromatic rings. The molecule has 1 aliphatic heterocycles. The second-order valence-electron chi connectivity index (χ2n) is 6.61. The van der Waals surface area contributed by atoms with Gasteiger partial charge in [-0.1, -0.05) is 37.5 Å². The molecule has 1 heterocycles. The van der Waals surface area contributed by atoms with Crippen molar-refractivity contribution >= 4 is 0 Å². The molecule has 0 aromatic heterocycles. The van der Waals surface area contributed by atoms with Crippen molar-refractivity contribution in [2.45, 2.75) is 44.1 Å². The van der Waals surface area contributed by atoms with Gasteiger partial charge in [0.05, 0.1) is 7.11 Å². The van der Waals surface area contributed by atoms with Gasteiger partial charge in [0.15, 0.2) is 0 Å². The highest BCUT2D eigenvalue weighted by atomic mass is 16.5. The second kappa shape index (κ2) is 6.80. The Morgan fingerprint density at radius 2 is 2.00 bits per heavy atom. The van der Waals surface area contributed by atoms with E-state index in [1.54, 1.807) is 7.11 Å². The molecule has 1 aliphatic carbocycles. The van der Waals surface area contributed by atoms with Crippen LogP contribution in [0.25, 0.3) is 0 Å². The summed E-state index contributed by atoms with van der Waals surface area (Å²) in [4.78, 5) is 2.65. The van der Waals surface area contributed by atoms with Crippen LogP contribution in [0.1, 0.15) is 37.7 Å². The van der Waals surface area contributed by atoms with E-state index < -0.39 is 0 Å². The quantitative estimate of drug-likeness (QED) is 0.922. The van der Waals surface area contributed by atoms with E-state index in [-0.39, 0.29) is 0 Å². The van der Waals surface area contributed by atoms with Crippen LogP contribution in [-0.4, -0.2) is 43.7 Å². The molecule has 1 aromatic carbocycles. The first-order valence-corrected chi connectivity index (χ1v) is 8.41. The summed E-state index contributed by atoms with van der Waals surface area (Å²) < 4.78 is 5.46. The van der Waals surface area contributed by atoms with Crippen molar-refractivity contribution in [2.24, 2.45) is 0 Å². The third kappa shape index (κ3) is 3.58. The van der Waals surface area contributed by atoms with Gasteiger partial charge in [0.25, 0.3) is 0 Å². The van der Waals surface area contributed by atoms with Crippen LogP contribution in [0.4, 0.5) is 0 Å². The minimum Gasteiger partial charge on any atom is -0.496 e. The van der Waals surface area contributed by atoms with E-state index in [1.165, 1.54) is 50.8 Å². The molecule has 0 radical (unpaired) electrons. The average Bonchev–Trinajstić information content (AvgIpc) is 2.54. The third-order valence-corrected chi connectivity index (χ3v) is 5.15. The zero-order valence-electron chi connectivity index (χ0n) is 13.2. The van der Waals surface area contributed by atoms with Crippen LogP contribution >= 0.6 is 0 Å². The van der Waals surface area contributed by atoms with Gasteiger partial charge in [-0.15, -0.1) is 0 Å². The van der Waals surface area contributed by atoms with Crippen LogP contribution in [-0.2, 0) is 6.42 Å². The summed E-state index contributed by atoms with van der Waals surface area (Å²) in [5.74, 6) is 1.03. The van der Waals surface area contributed by atoms with Gasteiger partial charge in [-0.2, -0.15) is 0 Å². The number of ether oxygens (including phenoxy) is 1. The molecule has 116 valence electrons. The molecule has 3 nitrogen and oxygen atoms in total. The second-order valence-corrected chi connectivity index (χ2v) is 6.61. The van der Waals surface area contributed by atoms with Crippen LogP contribution < -0.4 is 10.1 Å². The lowest BCUT2D eigenvalue weighted by atomic mass is 9.80. The Labute approximate surface area is 128 Å². The van der Waals surface area contributed by atoms with Gasteiger partial charge in [-0.05, 0) is 30.9 Å². The Hall–Kier alpha value is -1.06. The molecule has 0 bridgehead atoms. The molecule has 0 unspecified atom stereocenters. The molecule has 2 fully saturated rings. The molecular weight excluding hydrogens is 260 g/mol. The van der Waals surface area contributed by atoms with E-state index in [4.69, 9.17) is 4.74 Å². The van der Waals surface area contributed by atoms with Gasteiger partial charge in [-0.3, -0.25) is 4.90 Å². The Bertz CT molecular complexity index is 449. The largest absolute Gasteiger partial charge is 0.496 e. The van der Waals surface area contributed by atoms with Gasteiger partial charge < -0.3 is 10.1 Å². The number of nitrogens with zero attached hydrogens (tertiary/aromatic N) is 1. The maximum absolute atomic E-state index is 5.46. The van der Waals surface area contributed by atoms with E-state index in [9.17, 15) is 0 Å². The van der Waals surface area contributed by atoms with Crippen molar-refractivity contribution in [3.05, 3.63) is 29.8 Å². The molecule has 2 aliphatic rings. The highest BCUT2D eigenvalue weighted by Gasteiger charge is 2.35. The van der Waals surface area contributed by atoms with Crippen molar-refractivity contribution in [3.63, 3.8) is 0 Å². The Balaban J connectivity index is 1.57. The Morgan fingerprint density at radius 3 is 2.81 bits per heavy atom. The van der Waals surface area contributed by atoms with Crippen LogP contribution in [0.5, 0.6) is 5.75 Å². The maximum Gasteiger partial charge on any atom is 0.122 e. The van der Waals surface area contributed by atoms with E-state index >= 15 is 0 Å². The lowest BCUT2D eigenvalue weighted by Gasteiger charge is -2.46. The first-order valence-electron chi connectivity index (χ1n) is 8.41. The number of benzene rings is 1. The molecule has 3 rings (SSSR count). The lowest BCUT2D eigenvalue weighted by molar-refractivity contribution is 0.100. The lowest BCUT2D eigenvalue weighted by Crippen LogP contribution is -2.61. The highest BCUT2D eigenvalue weighted by Crippen LogP contribution is 2.30. The fourth-order valence-corrected chi connectivity index (χ4v) is 3.98. The van der Waals surface area contributed by atoms with E-state index in [0.29, 0.717) is 5.54 Å². The normalized spacial score (nSPS) is 22.3. The smallest absolute Gasteiger partial charge is 0.122 e. The summed E-state index contributed by atoms with van der Waals surface area (Å²) in [6, 6.07) is 8.41. The molecule has 1 saturated heterocycles. The Kier molecular flexibility index (Phi) is 4.81. The molecule has 1 saturated carbocycles. The highest BCUT2D eigenvalue weighted by molar-refractivity contribution is 5.33. The summed E-state index contributed by atoms with van der Waals surface area (Å²) in [6.45, 7) is 4.69. The van der Waals surface area contributed by atoms with Crippen molar-refractivity contribution in [1.29, 1.82) is 0 Å². The number of hydrogen-bond acceptors (Lipinski definition) is 3. The molecular formula is C18H28N2O. The first-order chi connectivity index (χ1) is 10.3. The molecule has 0 atom stereocenters. The van der Waals surface area contributed by atoms with Gasteiger partial charge in [0, 0.05) is 31.7 Å². The minimum absolute atomic E-state index is 0.414. The van der Waals surface area contributed by atoms with Crippen LogP contribution in [0.2, 0.25) is 0 Å². The van der Waals surface area contributed by atoms with Crippen molar-refractivity contribution in [3.8, 4) is 5.75 Å². The SMILES string of the molecule is COc1ccccc1CCN1CCNC2(CCCCC2)C1. The monoisotopic (exact) mass is 288 g/mol. The average molecular weight is 288 g/mol. The van der Waals surface area contributed by atoms with E-state index in [2.05, 4.69) is 28.4 Å². The maximum atomic E-state index is 5.46. The van der Waals surface area contributed by atoms with Crippen molar-refractivity contribution < 1.29 is 4.74 Å². The number of rotatable bonds is 4. The summed E-state index contributed by atoms with van der Waals surface area (Å²) in [6.07, 6.45) is 8.02. The topological polar surface area (TPSA) is 24.5 Å². The van der Waals surface area contributed by atoms with E-state index in [1.807, 2.05) is 6.07 Å². The molecule has 21 heavy (non-hydrogen) atoms. The summed E-state index contributed by atoms with van der Waals surface area (Å²) in [7, 11) is 1.76. The third-order valence-electron chi connectivity index (χ3n) is 5.15. The van der Waals surface area contributed by atoms with Gasteiger partial charge >= 0.3 is 0 Å². The number of nitrogens with one attached hydrogen (secondary N) is 1. The summed E-state index contributed by atoms with van der Waals surface area (Å²) in [5, 5.41) is 3.82.